The topological polar surface area (TPSA) is 68.3 Å². The van der Waals surface area contributed by atoms with Gasteiger partial charge in [0.2, 0.25) is 11.7 Å². The van der Waals surface area contributed by atoms with Crippen LogP contribution in [0.1, 0.15) is 47.5 Å². The molecule has 7 nitrogen and oxygen atoms in total. The first-order valence-electron chi connectivity index (χ1n) is 11.4. The summed E-state index contributed by atoms with van der Waals surface area (Å²) in [6.07, 6.45) is 3.30. The van der Waals surface area contributed by atoms with Crippen LogP contribution >= 0.6 is 23.7 Å². The highest BCUT2D eigenvalue weighted by Gasteiger charge is 2.28. The minimum Gasteiger partial charge on any atom is -0.493 e. The van der Waals surface area contributed by atoms with Crippen molar-refractivity contribution in [2.24, 2.45) is 0 Å². The molecule has 192 valence electrons. The smallest absolute Gasteiger partial charge is 0.246 e. The number of amides is 1. The molecule has 1 aromatic carbocycles. The predicted octanol–water partition coefficient (Wildman–Crippen LogP) is 4.75. The second-order valence-electron chi connectivity index (χ2n) is 8.59. The van der Waals surface area contributed by atoms with Crippen molar-refractivity contribution in [1.82, 2.24) is 9.80 Å². The van der Waals surface area contributed by atoms with E-state index in [9.17, 15) is 9.59 Å². The third kappa shape index (κ3) is 6.78. The SMILES string of the molecule is COc1cc(C=CC(=O)N2CCN(C(C)C(=O)c3cc(C(C)C)cs3)CC2)cc(OC)c1OC.Cl. The fraction of sp³-hybridized carbons (Fsp3) is 0.462. The van der Waals surface area contributed by atoms with Crippen molar-refractivity contribution in [2.45, 2.75) is 32.7 Å². The monoisotopic (exact) mass is 522 g/mol. The molecule has 0 N–H and O–H groups in total. The number of ketones is 1. The highest BCUT2D eigenvalue weighted by molar-refractivity contribution is 7.12. The van der Waals surface area contributed by atoms with Gasteiger partial charge in [-0.2, -0.15) is 0 Å². The molecule has 1 saturated heterocycles. The first-order chi connectivity index (χ1) is 16.3. The van der Waals surface area contributed by atoms with Crippen molar-refractivity contribution in [3.63, 3.8) is 0 Å². The summed E-state index contributed by atoms with van der Waals surface area (Å²) in [7, 11) is 4.67. The minimum atomic E-state index is -0.203. The largest absolute Gasteiger partial charge is 0.493 e. The van der Waals surface area contributed by atoms with Crippen molar-refractivity contribution < 1.29 is 23.8 Å². The van der Waals surface area contributed by atoms with Gasteiger partial charge < -0.3 is 19.1 Å². The molecule has 1 amide bonds. The molecule has 0 aliphatic carbocycles. The Kier molecular flexibility index (Phi) is 10.6. The number of halogens is 1. The Morgan fingerprint density at radius 2 is 1.54 bits per heavy atom. The number of hydrogen-bond donors (Lipinski definition) is 0. The quantitative estimate of drug-likeness (QED) is 0.350. The lowest BCUT2D eigenvalue weighted by Crippen LogP contribution is -2.52. The first-order valence-corrected chi connectivity index (χ1v) is 12.3. The molecule has 9 heteroatoms. The van der Waals surface area contributed by atoms with Crippen LogP contribution in [0.3, 0.4) is 0 Å². The molecular weight excluding hydrogens is 488 g/mol. The summed E-state index contributed by atoms with van der Waals surface area (Å²) < 4.78 is 16.1. The molecule has 1 fully saturated rings. The number of carbonyl (C=O) groups excluding carboxylic acids is 2. The van der Waals surface area contributed by atoms with Gasteiger partial charge in [0.25, 0.3) is 0 Å². The van der Waals surface area contributed by atoms with E-state index < -0.39 is 0 Å². The second-order valence-corrected chi connectivity index (χ2v) is 9.50. The van der Waals surface area contributed by atoms with Gasteiger partial charge in [0.15, 0.2) is 17.3 Å². The molecule has 1 aromatic heterocycles. The third-order valence-corrected chi connectivity index (χ3v) is 7.15. The normalized spacial score (nSPS) is 15.1. The Morgan fingerprint density at radius 1 is 0.943 bits per heavy atom. The molecule has 0 radical (unpaired) electrons. The number of hydrogen-bond acceptors (Lipinski definition) is 7. The number of carbonyl (C=O) groups is 2. The van der Waals surface area contributed by atoms with Crippen molar-refractivity contribution in [3.05, 3.63) is 45.7 Å². The molecule has 0 bridgehead atoms. The molecular formula is C26H35ClN2O5S. The molecule has 2 heterocycles. The molecule has 0 spiro atoms. The summed E-state index contributed by atoms with van der Waals surface area (Å²) in [4.78, 5) is 30.5. The number of nitrogens with zero attached hydrogens (tertiary/aromatic N) is 2. The van der Waals surface area contributed by atoms with E-state index in [1.165, 1.54) is 16.9 Å². The molecule has 0 saturated carbocycles. The van der Waals surface area contributed by atoms with E-state index in [4.69, 9.17) is 14.2 Å². The fourth-order valence-electron chi connectivity index (χ4n) is 3.95. The fourth-order valence-corrected chi connectivity index (χ4v) is 5.05. The summed E-state index contributed by atoms with van der Waals surface area (Å²) in [6.45, 7) is 8.71. The van der Waals surface area contributed by atoms with E-state index in [0.717, 1.165) is 10.4 Å². The van der Waals surface area contributed by atoms with E-state index in [1.54, 1.807) is 45.6 Å². The van der Waals surface area contributed by atoms with Gasteiger partial charge in [0.1, 0.15) is 0 Å². The van der Waals surface area contributed by atoms with Crippen LogP contribution < -0.4 is 14.2 Å². The van der Waals surface area contributed by atoms with Crippen LogP contribution in [0.25, 0.3) is 6.08 Å². The lowest BCUT2D eigenvalue weighted by Gasteiger charge is -2.37. The van der Waals surface area contributed by atoms with Gasteiger partial charge in [-0.25, -0.2) is 0 Å². The average molecular weight is 523 g/mol. The first kappa shape index (κ1) is 28.7. The van der Waals surface area contributed by atoms with Gasteiger partial charge in [-0.3, -0.25) is 14.5 Å². The Labute approximate surface area is 218 Å². The average Bonchev–Trinajstić information content (AvgIpc) is 3.36. The van der Waals surface area contributed by atoms with Crippen LogP contribution in [0.5, 0.6) is 17.2 Å². The van der Waals surface area contributed by atoms with Crippen LogP contribution in [-0.2, 0) is 4.79 Å². The standard InChI is InChI=1S/C26H34N2O5S.ClH/c1-17(2)20-15-23(34-16-20)25(30)18(3)27-9-11-28(12-10-27)24(29)8-7-19-13-21(31-4)26(33-6)22(14-19)32-5;/h7-8,13-18H,9-12H2,1-6H3;1H. The molecule has 35 heavy (non-hydrogen) atoms. The summed E-state index contributed by atoms with van der Waals surface area (Å²) in [6, 6.07) is 5.41. The lowest BCUT2D eigenvalue weighted by molar-refractivity contribution is -0.127. The highest BCUT2D eigenvalue weighted by Crippen LogP contribution is 2.38. The summed E-state index contributed by atoms with van der Waals surface area (Å²) >= 11 is 1.52. The van der Waals surface area contributed by atoms with E-state index in [-0.39, 0.29) is 30.1 Å². The number of ether oxygens (including phenoxy) is 3. The van der Waals surface area contributed by atoms with Gasteiger partial charge in [-0.1, -0.05) is 13.8 Å². The Morgan fingerprint density at radius 3 is 2.03 bits per heavy atom. The van der Waals surface area contributed by atoms with Crippen LogP contribution in [0.4, 0.5) is 0 Å². The number of thiophene rings is 1. The molecule has 1 aliphatic heterocycles. The number of piperazine rings is 1. The number of benzene rings is 1. The molecule has 1 aliphatic rings. The summed E-state index contributed by atoms with van der Waals surface area (Å²) in [5.74, 6) is 2.08. The van der Waals surface area contributed by atoms with Gasteiger partial charge in [0.05, 0.1) is 32.2 Å². The van der Waals surface area contributed by atoms with Gasteiger partial charge in [0, 0.05) is 32.3 Å². The van der Waals surface area contributed by atoms with Gasteiger partial charge in [-0.05, 0) is 53.6 Å². The van der Waals surface area contributed by atoms with Crippen LogP contribution in [0.2, 0.25) is 0 Å². The van der Waals surface area contributed by atoms with Crippen molar-refractivity contribution in [2.75, 3.05) is 47.5 Å². The predicted molar refractivity (Wildman–Crippen MR) is 143 cm³/mol. The maximum atomic E-state index is 13.0. The number of rotatable bonds is 9. The van der Waals surface area contributed by atoms with Crippen molar-refractivity contribution in [1.29, 1.82) is 0 Å². The second kappa shape index (κ2) is 13.0. The zero-order chi connectivity index (χ0) is 24.8. The maximum absolute atomic E-state index is 13.0. The zero-order valence-electron chi connectivity index (χ0n) is 21.2. The summed E-state index contributed by atoms with van der Waals surface area (Å²) in [5, 5.41) is 2.07. The number of methoxy groups -OCH3 is 3. The van der Waals surface area contributed by atoms with Crippen LogP contribution in [0, 0.1) is 0 Å². The van der Waals surface area contributed by atoms with Crippen molar-refractivity contribution in [3.8, 4) is 17.2 Å². The zero-order valence-corrected chi connectivity index (χ0v) is 22.8. The van der Waals surface area contributed by atoms with Crippen LogP contribution in [0.15, 0.2) is 29.7 Å². The molecule has 1 unspecified atom stereocenters. The van der Waals surface area contributed by atoms with Gasteiger partial charge >= 0.3 is 0 Å². The Balaban J connectivity index is 0.00000432. The Hall–Kier alpha value is -2.55. The van der Waals surface area contributed by atoms with Gasteiger partial charge in [-0.15, -0.1) is 23.7 Å². The van der Waals surface area contributed by atoms with Crippen molar-refractivity contribution >= 4 is 41.5 Å². The highest BCUT2D eigenvalue weighted by atomic mass is 35.5. The summed E-state index contributed by atoms with van der Waals surface area (Å²) in [5.41, 5.74) is 1.98. The Bertz CT molecular complexity index is 1020. The third-order valence-electron chi connectivity index (χ3n) is 6.19. The maximum Gasteiger partial charge on any atom is 0.246 e. The lowest BCUT2D eigenvalue weighted by atomic mass is 10.0. The number of Topliss-reactive ketones (excluding diaryl/α,β-unsaturated/α-hetero) is 1. The van der Waals surface area contributed by atoms with E-state index >= 15 is 0 Å². The van der Waals surface area contributed by atoms with E-state index in [2.05, 4.69) is 24.1 Å². The molecule has 3 rings (SSSR count). The minimum absolute atomic E-state index is 0. The van der Waals surface area contributed by atoms with E-state index in [0.29, 0.717) is 49.3 Å². The van der Waals surface area contributed by atoms with E-state index in [1.807, 2.05) is 17.9 Å². The molecule has 1 atom stereocenters. The van der Waals surface area contributed by atoms with Crippen LogP contribution in [-0.4, -0.2) is 75.0 Å². The molecule has 2 aromatic rings.